The molecule has 0 saturated heterocycles. The minimum absolute atomic E-state index is 0.0571. The third kappa shape index (κ3) is 2.52. The van der Waals surface area contributed by atoms with Crippen LogP contribution in [-0.2, 0) is 6.42 Å². The average molecular weight is 246 g/mol. The molecule has 0 aliphatic heterocycles. The number of aryl methyl sites for hydroxylation is 1. The molecule has 0 radical (unpaired) electrons. The minimum Gasteiger partial charge on any atom is -0.366 e. The van der Waals surface area contributed by atoms with Crippen LogP contribution in [0.4, 0.5) is 4.39 Å². The highest BCUT2D eigenvalue weighted by atomic mass is 79.9. The van der Waals surface area contributed by atoms with E-state index in [-0.39, 0.29) is 5.56 Å². The van der Waals surface area contributed by atoms with Crippen molar-refractivity contribution >= 4 is 21.8 Å². The van der Waals surface area contributed by atoms with Crippen LogP contribution in [0.1, 0.15) is 15.9 Å². The normalized spacial score (nSPS) is 10.0. The lowest BCUT2D eigenvalue weighted by Crippen LogP contribution is -2.13. The zero-order valence-corrected chi connectivity index (χ0v) is 8.47. The second kappa shape index (κ2) is 4.37. The quantitative estimate of drug-likeness (QED) is 0.812. The number of amides is 1. The molecule has 2 N–H and O–H groups in total. The van der Waals surface area contributed by atoms with E-state index in [1.54, 1.807) is 6.07 Å². The maximum atomic E-state index is 13.1. The molecule has 0 fully saturated rings. The number of rotatable bonds is 3. The van der Waals surface area contributed by atoms with Crippen LogP contribution in [0.15, 0.2) is 18.2 Å². The van der Waals surface area contributed by atoms with Gasteiger partial charge in [0, 0.05) is 5.33 Å². The van der Waals surface area contributed by atoms with E-state index in [4.69, 9.17) is 5.73 Å². The van der Waals surface area contributed by atoms with Gasteiger partial charge >= 0.3 is 0 Å². The fourth-order valence-electron chi connectivity index (χ4n) is 1.02. The van der Waals surface area contributed by atoms with E-state index in [9.17, 15) is 9.18 Å². The fourth-order valence-corrected chi connectivity index (χ4v) is 1.48. The van der Waals surface area contributed by atoms with Crippen LogP contribution in [0.5, 0.6) is 0 Å². The molecule has 13 heavy (non-hydrogen) atoms. The second-order valence-electron chi connectivity index (χ2n) is 2.62. The zero-order valence-electron chi connectivity index (χ0n) is 6.89. The van der Waals surface area contributed by atoms with Crippen LogP contribution in [-0.4, -0.2) is 11.2 Å². The lowest BCUT2D eigenvalue weighted by atomic mass is 10.1. The number of carbonyl (C=O) groups excluding carboxylic acids is 1. The largest absolute Gasteiger partial charge is 0.366 e. The first-order chi connectivity index (χ1) is 6.15. The number of benzene rings is 1. The van der Waals surface area contributed by atoms with Crippen molar-refractivity contribution in [3.05, 3.63) is 35.1 Å². The summed E-state index contributed by atoms with van der Waals surface area (Å²) in [6, 6.07) is 4.45. The minimum atomic E-state index is -0.733. The maximum absolute atomic E-state index is 13.1. The molecule has 1 aromatic rings. The van der Waals surface area contributed by atoms with Crippen LogP contribution < -0.4 is 5.73 Å². The third-order valence-corrected chi connectivity index (χ3v) is 2.08. The lowest BCUT2D eigenvalue weighted by Gasteiger charge is -2.01. The molecule has 1 aromatic carbocycles. The van der Waals surface area contributed by atoms with Gasteiger partial charge in [0.25, 0.3) is 5.91 Å². The van der Waals surface area contributed by atoms with Crippen molar-refractivity contribution in [2.24, 2.45) is 5.73 Å². The van der Waals surface area contributed by atoms with Crippen LogP contribution in [0.25, 0.3) is 0 Å². The summed E-state index contributed by atoms with van der Waals surface area (Å²) in [5.41, 5.74) is 5.74. The van der Waals surface area contributed by atoms with Crippen molar-refractivity contribution in [1.82, 2.24) is 0 Å². The Morgan fingerprint density at radius 2 is 2.23 bits per heavy atom. The van der Waals surface area contributed by atoms with E-state index in [1.807, 2.05) is 0 Å². The molecule has 4 heteroatoms. The van der Waals surface area contributed by atoms with Crippen LogP contribution in [0, 0.1) is 5.82 Å². The van der Waals surface area contributed by atoms with Crippen LogP contribution in [0.2, 0.25) is 0 Å². The molecule has 1 amide bonds. The van der Waals surface area contributed by atoms with Gasteiger partial charge in [-0.1, -0.05) is 22.0 Å². The third-order valence-electron chi connectivity index (χ3n) is 1.68. The van der Waals surface area contributed by atoms with Crippen molar-refractivity contribution in [3.8, 4) is 0 Å². The highest BCUT2D eigenvalue weighted by molar-refractivity contribution is 9.09. The van der Waals surface area contributed by atoms with Gasteiger partial charge in [-0.25, -0.2) is 4.39 Å². The second-order valence-corrected chi connectivity index (χ2v) is 3.41. The molecule has 0 spiro atoms. The van der Waals surface area contributed by atoms with Gasteiger partial charge in [-0.15, -0.1) is 0 Å². The van der Waals surface area contributed by atoms with Gasteiger partial charge in [0.05, 0.1) is 5.56 Å². The maximum Gasteiger partial charge on any atom is 0.251 e. The van der Waals surface area contributed by atoms with Crippen molar-refractivity contribution < 1.29 is 9.18 Å². The van der Waals surface area contributed by atoms with Crippen LogP contribution >= 0.6 is 15.9 Å². The zero-order chi connectivity index (χ0) is 9.84. The summed E-state index contributed by atoms with van der Waals surface area (Å²) >= 11 is 3.24. The lowest BCUT2D eigenvalue weighted by molar-refractivity contribution is 0.0996. The molecule has 1 rings (SSSR count). The average Bonchev–Trinajstić information content (AvgIpc) is 2.04. The van der Waals surface area contributed by atoms with Gasteiger partial charge in [0.2, 0.25) is 0 Å². The molecule has 0 heterocycles. The molecule has 0 aromatic heterocycles. The van der Waals surface area contributed by atoms with E-state index in [0.717, 1.165) is 17.3 Å². The van der Waals surface area contributed by atoms with Crippen molar-refractivity contribution in [2.45, 2.75) is 6.42 Å². The van der Waals surface area contributed by atoms with Crippen LogP contribution in [0.3, 0.4) is 0 Å². The van der Waals surface area contributed by atoms with Crippen molar-refractivity contribution in [2.75, 3.05) is 5.33 Å². The Hall–Kier alpha value is -0.900. The number of alkyl halides is 1. The number of hydrogen-bond donors (Lipinski definition) is 1. The summed E-state index contributed by atoms with van der Waals surface area (Å²) in [5.74, 6) is -1.28. The molecule has 2 nitrogen and oxygen atoms in total. The smallest absolute Gasteiger partial charge is 0.251 e. The summed E-state index contributed by atoms with van der Waals surface area (Å²) < 4.78 is 13.1. The van der Waals surface area contributed by atoms with Gasteiger partial charge < -0.3 is 5.73 Å². The van der Waals surface area contributed by atoms with Gasteiger partial charge in [0.15, 0.2) is 0 Å². The number of hydrogen-bond acceptors (Lipinski definition) is 1. The molecule has 0 aliphatic rings. The van der Waals surface area contributed by atoms with Gasteiger partial charge in [-0.3, -0.25) is 4.79 Å². The van der Waals surface area contributed by atoms with Gasteiger partial charge in [-0.05, 0) is 24.1 Å². The highest BCUT2D eigenvalue weighted by Crippen LogP contribution is 2.11. The predicted octanol–water partition coefficient (Wildman–Crippen LogP) is 1.86. The van der Waals surface area contributed by atoms with E-state index in [1.165, 1.54) is 12.1 Å². The SMILES string of the molecule is NC(=O)c1ccc(CCBr)cc1F. The first-order valence-corrected chi connectivity index (χ1v) is 4.91. The molecular formula is C9H9BrFNO. The molecule has 70 valence electrons. The molecule has 0 atom stereocenters. The Kier molecular flexibility index (Phi) is 3.42. The first-order valence-electron chi connectivity index (χ1n) is 3.79. The van der Waals surface area contributed by atoms with E-state index in [2.05, 4.69) is 15.9 Å². The molecule has 0 aliphatic carbocycles. The predicted molar refractivity (Wildman–Crippen MR) is 52.4 cm³/mol. The standard InChI is InChI=1S/C9H9BrFNO/c10-4-3-6-1-2-7(9(12)13)8(11)5-6/h1-2,5H,3-4H2,(H2,12,13). The first kappa shape index (κ1) is 10.2. The summed E-state index contributed by atoms with van der Waals surface area (Å²) in [5, 5.41) is 0.766. The molecule has 0 bridgehead atoms. The number of nitrogens with two attached hydrogens (primary N) is 1. The van der Waals surface area contributed by atoms with Crippen molar-refractivity contribution in [1.29, 1.82) is 0 Å². The van der Waals surface area contributed by atoms with E-state index < -0.39 is 11.7 Å². The Morgan fingerprint density at radius 3 is 2.69 bits per heavy atom. The highest BCUT2D eigenvalue weighted by Gasteiger charge is 2.07. The Labute approximate surface area is 84.1 Å². The summed E-state index contributed by atoms with van der Waals surface area (Å²) in [6.45, 7) is 0. The van der Waals surface area contributed by atoms with E-state index >= 15 is 0 Å². The fraction of sp³-hybridized carbons (Fsp3) is 0.222. The molecule has 0 saturated carbocycles. The number of halogens is 2. The monoisotopic (exact) mass is 245 g/mol. The number of carbonyl (C=O) groups is 1. The Morgan fingerprint density at radius 1 is 1.54 bits per heavy atom. The topological polar surface area (TPSA) is 43.1 Å². The van der Waals surface area contributed by atoms with Gasteiger partial charge in [-0.2, -0.15) is 0 Å². The summed E-state index contributed by atoms with van der Waals surface area (Å²) in [7, 11) is 0. The van der Waals surface area contributed by atoms with E-state index in [0.29, 0.717) is 0 Å². The summed E-state index contributed by atoms with van der Waals surface area (Å²) in [4.78, 5) is 10.7. The summed E-state index contributed by atoms with van der Waals surface area (Å²) in [6.07, 6.45) is 0.732. The van der Waals surface area contributed by atoms with Crippen molar-refractivity contribution in [3.63, 3.8) is 0 Å². The Bertz CT molecular complexity index is 327. The number of primary amides is 1. The molecular weight excluding hydrogens is 237 g/mol. The Balaban J connectivity index is 2.98. The molecule has 0 unspecified atom stereocenters. The van der Waals surface area contributed by atoms with Gasteiger partial charge in [0.1, 0.15) is 5.82 Å².